The van der Waals surface area contributed by atoms with Gasteiger partial charge in [-0.3, -0.25) is 4.79 Å². The standard InChI is InChI=1S/C9H16N4O3/c1-2-15-3-4-16-9(14)7-13-6-8(5-10)11-12-13/h6H,2-5,7,10H2,1H3. The average molecular weight is 228 g/mol. The molecule has 0 spiro atoms. The number of rotatable bonds is 7. The van der Waals surface area contributed by atoms with Gasteiger partial charge in [0.05, 0.1) is 18.5 Å². The first kappa shape index (κ1) is 12.6. The summed E-state index contributed by atoms with van der Waals surface area (Å²) in [5, 5.41) is 7.48. The van der Waals surface area contributed by atoms with Crippen molar-refractivity contribution in [2.45, 2.75) is 20.0 Å². The van der Waals surface area contributed by atoms with Crippen molar-refractivity contribution in [3.63, 3.8) is 0 Å². The van der Waals surface area contributed by atoms with Crippen molar-refractivity contribution in [2.24, 2.45) is 5.73 Å². The summed E-state index contributed by atoms with van der Waals surface area (Å²) in [6.07, 6.45) is 1.61. The van der Waals surface area contributed by atoms with Crippen LogP contribution in [0.4, 0.5) is 0 Å². The summed E-state index contributed by atoms with van der Waals surface area (Å²) in [5.74, 6) is -0.367. The monoisotopic (exact) mass is 228 g/mol. The third kappa shape index (κ3) is 4.37. The molecule has 16 heavy (non-hydrogen) atoms. The summed E-state index contributed by atoms with van der Waals surface area (Å²) in [6.45, 7) is 3.50. The summed E-state index contributed by atoms with van der Waals surface area (Å²) < 4.78 is 11.3. The third-order valence-electron chi connectivity index (χ3n) is 1.78. The van der Waals surface area contributed by atoms with E-state index in [0.717, 1.165) is 0 Å². The predicted molar refractivity (Wildman–Crippen MR) is 55.4 cm³/mol. The summed E-state index contributed by atoms with van der Waals surface area (Å²) in [7, 11) is 0. The highest BCUT2D eigenvalue weighted by Crippen LogP contribution is 1.92. The number of carbonyl (C=O) groups excluding carboxylic acids is 1. The minimum atomic E-state index is -0.367. The van der Waals surface area contributed by atoms with Crippen molar-refractivity contribution in [1.29, 1.82) is 0 Å². The van der Waals surface area contributed by atoms with E-state index in [9.17, 15) is 4.79 Å². The molecule has 1 aromatic heterocycles. The zero-order chi connectivity index (χ0) is 11.8. The van der Waals surface area contributed by atoms with E-state index >= 15 is 0 Å². The number of hydrogen-bond donors (Lipinski definition) is 1. The highest BCUT2D eigenvalue weighted by molar-refractivity contribution is 5.68. The fraction of sp³-hybridized carbons (Fsp3) is 0.667. The van der Waals surface area contributed by atoms with Gasteiger partial charge in [-0.15, -0.1) is 5.10 Å². The lowest BCUT2D eigenvalue weighted by molar-refractivity contribution is -0.146. The van der Waals surface area contributed by atoms with Gasteiger partial charge in [0, 0.05) is 13.2 Å². The van der Waals surface area contributed by atoms with Crippen molar-refractivity contribution < 1.29 is 14.3 Å². The Kier molecular flexibility index (Phi) is 5.44. The van der Waals surface area contributed by atoms with Crippen LogP contribution in [0.2, 0.25) is 0 Å². The molecule has 0 atom stereocenters. The van der Waals surface area contributed by atoms with Crippen LogP contribution in [0.5, 0.6) is 0 Å². The van der Waals surface area contributed by atoms with Gasteiger partial charge in [0.2, 0.25) is 0 Å². The van der Waals surface area contributed by atoms with E-state index in [1.54, 1.807) is 6.20 Å². The highest BCUT2D eigenvalue weighted by Gasteiger charge is 2.06. The van der Waals surface area contributed by atoms with Crippen LogP contribution in [0, 0.1) is 0 Å². The van der Waals surface area contributed by atoms with Gasteiger partial charge < -0.3 is 15.2 Å². The quantitative estimate of drug-likeness (QED) is 0.491. The predicted octanol–water partition coefficient (Wildman–Crippen LogP) is -0.683. The Morgan fingerprint density at radius 1 is 1.56 bits per heavy atom. The molecule has 0 bridgehead atoms. The molecule has 0 aliphatic carbocycles. The van der Waals surface area contributed by atoms with Crippen molar-refractivity contribution >= 4 is 5.97 Å². The second kappa shape index (κ2) is 6.91. The first-order chi connectivity index (χ1) is 7.76. The van der Waals surface area contributed by atoms with Crippen LogP contribution < -0.4 is 5.73 Å². The zero-order valence-corrected chi connectivity index (χ0v) is 9.26. The maximum atomic E-state index is 11.3. The van der Waals surface area contributed by atoms with Gasteiger partial charge in [-0.1, -0.05) is 5.21 Å². The molecule has 0 saturated heterocycles. The highest BCUT2D eigenvalue weighted by atomic mass is 16.6. The molecule has 0 amide bonds. The molecule has 1 rings (SSSR count). The van der Waals surface area contributed by atoms with Crippen molar-refractivity contribution in [1.82, 2.24) is 15.0 Å². The van der Waals surface area contributed by atoms with Gasteiger partial charge in [0.1, 0.15) is 13.2 Å². The number of nitrogens with two attached hydrogens (primary N) is 1. The molecule has 0 saturated carbocycles. The number of carbonyl (C=O) groups is 1. The normalized spacial score (nSPS) is 10.4. The Balaban J connectivity index is 2.23. The van der Waals surface area contributed by atoms with Crippen LogP contribution in [-0.4, -0.2) is 40.8 Å². The molecule has 0 aliphatic heterocycles. The Hall–Kier alpha value is -1.47. The number of esters is 1. The van der Waals surface area contributed by atoms with E-state index in [1.807, 2.05) is 6.92 Å². The van der Waals surface area contributed by atoms with Gasteiger partial charge in [-0.25, -0.2) is 4.68 Å². The van der Waals surface area contributed by atoms with Crippen molar-refractivity contribution in [3.05, 3.63) is 11.9 Å². The SMILES string of the molecule is CCOCCOC(=O)Cn1cc(CN)nn1. The van der Waals surface area contributed by atoms with E-state index in [0.29, 0.717) is 25.5 Å². The summed E-state index contributed by atoms with van der Waals surface area (Å²) in [6, 6.07) is 0. The topological polar surface area (TPSA) is 92.3 Å². The van der Waals surface area contributed by atoms with E-state index in [1.165, 1.54) is 4.68 Å². The number of nitrogens with zero attached hydrogens (tertiary/aromatic N) is 3. The second-order valence-corrected chi connectivity index (χ2v) is 3.03. The lowest BCUT2D eigenvalue weighted by Crippen LogP contribution is -2.16. The average Bonchev–Trinajstić information content (AvgIpc) is 2.72. The second-order valence-electron chi connectivity index (χ2n) is 3.03. The molecular formula is C9H16N4O3. The maximum absolute atomic E-state index is 11.3. The van der Waals surface area contributed by atoms with Crippen LogP contribution in [-0.2, 0) is 27.4 Å². The van der Waals surface area contributed by atoms with Gasteiger partial charge >= 0.3 is 5.97 Å². The van der Waals surface area contributed by atoms with Gasteiger partial charge in [-0.05, 0) is 6.92 Å². The Bertz CT molecular complexity index is 326. The lowest BCUT2D eigenvalue weighted by atomic mass is 10.5. The molecule has 7 nitrogen and oxygen atoms in total. The lowest BCUT2D eigenvalue weighted by Gasteiger charge is -2.04. The van der Waals surface area contributed by atoms with E-state index in [4.69, 9.17) is 15.2 Å². The Labute approximate surface area is 93.5 Å². The molecule has 7 heteroatoms. The maximum Gasteiger partial charge on any atom is 0.327 e. The molecule has 0 aromatic carbocycles. The fourth-order valence-electron chi connectivity index (χ4n) is 1.05. The molecule has 0 radical (unpaired) electrons. The van der Waals surface area contributed by atoms with Crippen LogP contribution in [0.3, 0.4) is 0 Å². The smallest absolute Gasteiger partial charge is 0.327 e. The Morgan fingerprint density at radius 3 is 3.00 bits per heavy atom. The summed E-state index contributed by atoms with van der Waals surface area (Å²) >= 11 is 0. The van der Waals surface area contributed by atoms with Gasteiger partial charge in [0.25, 0.3) is 0 Å². The van der Waals surface area contributed by atoms with E-state index < -0.39 is 0 Å². The van der Waals surface area contributed by atoms with Crippen molar-refractivity contribution in [2.75, 3.05) is 19.8 Å². The number of ether oxygens (including phenoxy) is 2. The molecule has 2 N–H and O–H groups in total. The van der Waals surface area contributed by atoms with Gasteiger partial charge in [0.15, 0.2) is 0 Å². The summed E-state index contributed by atoms with van der Waals surface area (Å²) in [4.78, 5) is 11.3. The first-order valence-corrected chi connectivity index (χ1v) is 5.08. The molecule has 1 aromatic rings. The summed E-state index contributed by atoms with van der Waals surface area (Å²) in [5.41, 5.74) is 6.00. The third-order valence-corrected chi connectivity index (χ3v) is 1.78. The molecule has 0 fully saturated rings. The minimum absolute atomic E-state index is 0.0408. The molecule has 0 unspecified atom stereocenters. The first-order valence-electron chi connectivity index (χ1n) is 5.08. The van der Waals surface area contributed by atoms with Crippen LogP contribution >= 0.6 is 0 Å². The molecule has 90 valence electrons. The molecule has 1 heterocycles. The number of aromatic nitrogens is 3. The van der Waals surface area contributed by atoms with Crippen LogP contribution in [0.25, 0.3) is 0 Å². The van der Waals surface area contributed by atoms with Gasteiger partial charge in [-0.2, -0.15) is 0 Å². The van der Waals surface area contributed by atoms with Crippen molar-refractivity contribution in [3.8, 4) is 0 Å². The zero-order valence-electron chi connectivity index (χ0n) is 9.26. The largest absolute Gasteiger partial charge is 0.462 e. The molecular weight excluding hydrogens is 212 g/mol. The van der Waals surface area contributed by atoms with E-state index in [2.05, 4.69) is 10.3 Å². The van der Waals surface area contributed by atoms with Crippen LogP contribution in [0.1, 0.15) is 12.6 Å². The number of hydrogen-bond acceptors (Lipinski definition) is 6. The molecule has 0 aliphatic rings. The van der Waals surface area contributed by atoms with Crippen LogP contribution in [0.15, 0.2) is 6.20 Å². The Morgan fingerprint density at radius 2 is 2.38 bits per heavy atom. The minimum Gasteiger partial charge on any atom is -0.462 e. The fourth-order valence-corrected chi connectivity index (χ4v) is 1.05. The van der Waals surface area contributed by atoms with E-state index in [-0.39, 0.29) is 19.1 Å².